The molecule has 2 aliphatic carbocycles. The van der Waals surface area contributed by atoms with Gasteiger partial charge in [0.05, 0.1) is 12.4 Å². The number of nitrogens with zero attached hydrogens (tertiary/aromatic N) is 6. The summed E-state index contributed by atoms with van der Waals surface area (Å²) in [5.41, 5.74) is 27.1. The molecule has 0 saturated carbocycles. The normalized spacial score (nSPS) is 12.4. The van der Waals surface area contributed by atoms with Gasteiger partial charge in [0.2, 0.25) is 0 Å². The van der Waals surface area contributed by atoms with Crippen LogP contribution in [0.3, 0.4) is 0 Å². The summed E-state index contributed by atoms with van der Waals surface area (Å²) >= 11 is 1.83. The molecule has 0 spiro atoms. The molecule has 13 rings (SSSR count). The topological polar surface area (TPSA) is 77.3 Å². The van der Waals surface area contributed by atoms with E-state index >= 15 is 0 Å². The summed E-state index contributed by atoms with van der Waals surface area (Å²) in [7, 11) is 0. The minimum atomic E-state index is 0.741. The van der Waals surface area contributed by atoms with Crippen LogP contribution in [-0.4, -0.2) is 30.8 Å². The molecule has 2 aliphatic rings. The first kappa shape index (κ1) is 39.4. The van der Waals surface area contributed by atoms with Gasteiger partial charge in [-0.1, -0.05) is 133 Å². The van der Waals surface area contributed by atoms with Crippen molar-refractivity contribution in [1.82, 2.24) is 30.8 Å². The van der Waals surface area contributed by atoms with Gasteiger partial charge in [0, 0.05) is 42.4 Å². The van der Waals surface area contributed by atoms with Crippen molar-refractivity contribution in [2.45, 2.75) is 40.5 Å². The zero-order valence-corrected chi connectivity index (χ0v) is 38.3. The Morgan fingerprint density at radius 1 is 0.403 bits per heavy atom. The Morgan fingerprint density at radius 3 is 1.63 bits per heavy atom. The molecule has 0 unspecified atom stereocenters. The SMILES string of the molecule is Cc1cc2c(c(-c3cnnnc3-c3cccc(-c4c(-c5ccccc5)ccc5sc6ccccc6c45)c3-c3nnncc3-c3c(C)c(C)cc4c3Cc3ccccc3-4)c1C)Cc1ccccc1-2. The van der Waals surface area contributed by atoms with Gasteiger partial charge in [0.1, 0.15) is 11.4 Å². The molecule has 8 aromatic carbocycles. The molecule has 0 bridgehead atoms. The summed E-state index contributed by atoms with van der Waals surface area (Å²) in [6.07, 6.45) is 5.49. The Morgan fingerprint density at radius 2 is 0.955 bits per heavy atom. The number of rotatable bonds is 6. The third-order valence-corrected chi connectivity index (χ3v) is 15.7. The van der Waals surface area contributed by atoms with Crippen LogP contribution in [0.2, 0.25) is 0 Å². The molecule has 0 radical (unpaired) electrons. The quantitative estimate of drug-likeness (QED) is 0.166. The maximum Gasteiger partial charge on any atom is 0.105 e. The number of benzene rings is 8. The van der Waals surface area contributed by atoms with Gasteiger partial charge in [-0.15, -0.1) is 31.7 Å². The van der Waals surface area contributed by atoms with E-state index in [1.54, 1.807) is 0 Å². The van der Waals surface area contributed by atoms with E-state index in [1.165, 1.54) is 86.9 Å². The third-order valence-electron chi connectivity index (χ3n) is 14.5. The van der Waals surface area contributed by atoms with E-state index in [-0.39, 0.29) is 0 Å². The van der Waals surface area contributed by atoms with Crippen molar-refractivity contribution in [3.05, 3.63) is 202 Å². The fourth-order valence-electron chi connectivity index (χ4n) is 11.2. The molecule has 0 saturated heterocycles. The van der Waals surface area contributed by atoms with Gasteiger partial charge in [0.25, 0.3) is 0 Å². The van der Waals surface area contributed by atoms with E-state index in [9.17, 15) is 0 Å². The van der Waals surface area contributed by atoms with Crippen molar-refractivity contribution in [2.24, 2.45) is 0 Å². The highest BCUT2D eigenvalue weighted by molar-refractivity contribution is 7.26. The highest BCUT2D eigenvalue weighted by Crippen LogP contribution is 2.54. The molecule has 3 aromatic heterocycles. The van der Waals surface area contributed by atoms with Crippen LogP contribution in [0.1, 0.15) is 44.5 Å². The van der Waals surface area contributed by atoms with E-state index in [4.69, 9.17) is 10.2 Å². The van der Waals surface area contributed by atoms with Gasteiger partial charge in [-0.3, -0.25) is 0 Å². The molecule has 0 aliphatic heterocycles. The number of fused-ring (bicyclic) bond motifs is 9. The van der Waals surface area contributed by atoms with Crippen LogP contribution in [-0.2, 0) is 12.8 Å². The first-order valence-electron chi connectivity index (χ1n) is 22.9. The standard InChI is InChI=1S/C60H42N6S/c1-33-27-46-40-19-10-8-17-38(40)29-48(46)54(35(33)3)50-31-61-65-63-59(50)45-23-14-22-44(56-42(37-15-6-5-7-16-37)25-26-53-58(56)43-21-12-13-24-52(43)67-53)57(45)60-51(32-62-66-64-60)55-36(4)34(2)28-47-41-20-11-9-18-39(41)30-49(47)55/h5-28,31-32H,29-30H2,1-4H3. The Labute approximate surface area is 392 Å². The van der Waals surface area contributed by atoms with E-state index in [0.717, 1.165) is 79.9 Å². The maximum atomic E-state index is 5.17. The van der Waals surface area contributed by atoms with Gasteiger partial charge in [-0.05, 0) is 163 Å². The van der Waals surface area contributed by atoms with E-state index < -0.39 is 0 Å². The molecule has 67 heavy (non-hydrogen) atoms. The minimum Gasteiger partial charge on any atom is -0.138 e. The summed E-state index contributed by atoms with van der Waals surface area (Å²) in [5.74, 6) is 0. The van der Waals surface area contributed by atoms with Crippen molar-refractivity contribution in [3.8, 4) is 89.3 Å². The lowest BCUT2D eigenvalue weighted by Crippen LogP contribution is -2.05. The predicted octanol–water partition coefficient (Wildman–Crippen LogP) is 14.8. The van der Waals surface area contributed by atoms with Gasteiger partial charge in [-0.25, -0.2) is 0 Å². The maximum absolute atomic E-state index is 5.17. The number of thiophene rings is 1. The van der Waals surface area contributed by atoms with Gasteiger partial charge in [0.15, 0.2) is 0 Å². The largest absolute Gasteiger partial charge is 0.138 e. The minimum absolute atomic E-state index is 0.741. The summed E-state index contributed by atoms with van der Waals surface area (Å²) < 4.78 is 2.46. The second-order valence-corrected chi connectivity index (χ2v) is 19.1. The highest BCUT2D eigenvalue weighted by atomic mass is 32.1. The van der Waals surface area contributed by atoms with Crippen molar-refractivity contribution >= 4 is 31.5 Å². The fourth-order valence-corrected chi connectivity index (χ4v) is 12.3. The monoisotopic (exact) mass is 878 g/mol. The average molecular weight is 879 g/mol. The van der Waals surface area contributed by atoms with Gasteiger partial charge >= 0.3 is 0 Å². The van der Waals surface area contributed by atoms with Crippen LogP contribution in [0.4, 0.5) is 0 Å². The molecule has 7 heteroatoms. The van der Waals surface area contributed by atoms with Crippen LogP contribution in [0.25, 0.3) is 109 Å². The Bertz CT molecular complexity index is 3870. The highest BCUT2D eigenvalue weighted by Gasteiger charge is 2.32. The molecular weight excluding hydrogens is 837 g/mol. The van der Waals surface area contributed by atoms with Crippen molar-refractivity contribution in [1.29, 1.82) is 0 Å². The molecule has 3 heterocycles. The summed E-state index contributed by atoms with van der Waals surface area (Å²) in [6, 6.07) is 53.0. The number of aromatic nitrogens is 6. The summed E-state index contributed by atoms with van der Waals surface area (Å²) in [5, 5.41) is 30.8. The average Bonchev–Trinajstić information content (AvgIpc) is 4.06. The first-order chi connectivity index (χ1) is 32.9. The summed E-state index contributed by atoms with van der Waals surface area (Å²) in [6.45, 7) is 8.90. The molecule has 0 atom stereocenters. The van der Waals surface area contributed by atoms with Crippen LogP contribution >= 0.6 is 11.3 Å². The lowest BCUT2D eigenvalue weighted by molar-refractivity contribution is 0.868. The first-order valence-corrected chi connectivity index (χ1v) is 23.7. The van der Waals surface area contributed by atoms with Crippen LogP contribution < -0.4 is 0 Å². The number of aryl methyl sites for hydroxylation is 2. The van der Waals surface area contributed by atoms with Crippen LogP contribution in [0.15, 0.2) is 158 Å². The van der Waals surface area contributed by atoms with Gasteiger partial charge < -0.3 is 0 Å². The van der Waals surface area contributed by atoms with Crippen molar-refractivity contribution < 1.29 is 0 Å². The zero-order valence-electron chi connectivity index (χ0n) is 37.5. The zero-order chi connectivity index (χ0) is 44.9. The predicted molar refractivity (Wildman–Crippen MR) is 274 cm³/mol. The second kappa shape index (κ2) is 15.3. The Kier molecular flexibility index (Phi) is 8.99. The second-order valence-electron chi connectivity index (χ2n) is 18.1. The smallest absolute Gasteiger partial charge is 0.105 e. The van der Waals surface area contributed by atoms with Crippen molar-refractivity contribution in [2.75, 3.05) is 0 Å². The van der Waals surface area contributed by atoms with Crippen LogP contribution in [0, 0.1) is 27.7 Å². The number of hydrogen-bond acceptors (Lipinski definition) is 7. The molecular formula is C60H42N6S. The molecule has 6 nitrogen and oxygen atoms in total. The Hall–Kier alpha value is -8.00. The molecule has 0 fully saturated rings. The molecule has 11 aromatic rings. The lowest BCUT2D eigenvalue weighted by Gasteiger charge is -2.23. The Balaban J connectivity index is 1.17. The van der Waals surface area contributed by atoms with E-state index in [2.05, 4.69) is 194 Å². The number of hydrogen-bond donors (Lipinski definition) is 0. The fraction of sp³-hybridized carbons (Fsp3) is 0.100. The van der Waals surface area contributed by atoms with E-state index in [0.29, 0.717) is 0 Å². The van der Waals surface area contributed by atoms with Gasteiger partial charge in [-0.2, -0.15) is 0 Å². The third kappa shape index (κ3) is 6.01. The lowest BCUT2D eigenvalue weighted by atomic mass is 9.81. The molecule has 318 valence electrons. The summed E-state index contributed by atoms with van der Waals surface area (Å²) in [4.78, 5) is 0. The molecule has 0 amide bonds. The van der Waals surface area contributed by atoms with E-state index in [1.807, 2.05) is 23.7 Å². The molecule has 0 N–H and O–H groups in total. The van der Waals surface area contributed by atoms with Crippen LogP contribution in [0.5, 0.6) is 0 Å². The van der Waals surface area contributed by atoms with Crippen molar-refractivity contribution in [3.63, 3.8) is 0 Å².